The lowest BCUT2D eigenvalue weighted by Gasteiger charge is -2.21. The zero-order valence-electron chi connectivity index (χ0n) is 8.99. The number of nitrogens with zero attached hydrogens (tertiary/aromatic N) is 1. The second-order valence-electron chi connectivity index (χ2n) is 4.11. The molecule has 0 aromatic heterocycles. The number of hydrogen-bond acceptors (Lipinski definition) is 1. The molecule has 0 bridgehead atoms. The average Bonchev–Trinajstić information content (AvgIpc) is 2.85. The maximum absolute atomic E-state index is 13.3. The van der Waals surface area contributed by atoms with Crippen molar-refractivity contribution in [3.8, 4) is 0 Å². The maximum atomic E-state index is 13.3. The Morgan fingerprint density at radius 1 is 1.56 bits per heavy atom. The second-order valence-corrected chi connectivity index (χ2v) is 4.74. The van der Waals surface area contributed by atoms with Crippen LogP contribution in [0.15, 0.2) is 30.3 Å². The topological polar surface area (TPSA) is 20.3 Å². The Hall–Kier alpha value is -1.09. The van der Waals surface area contributed by atoms with Gasteiger partial charge in [0.05, 0.1) is 6.04 Å². The van der Waals surface area contributed by atoms with Gasteiger partial charge in [0.15, 0.2) is 0 Å². The number of benzene rings is 1. The van der Waals surface area contributed by atoms with E-state index >= 15 is 0 Å². The Labute approximate surface area is 99.0 Å². The van der Waals surface area contributed by atoms with E-state index in [2.05, 4.69) is 0 Å². The summed E-state index contributed by atoms with van der Waals surface area (Å²) in [4.78, 5) is 12.9. The van der Waals surface area contributed by atoms with Crippen LogP contribution in [0.3, 0.4) is 0 Å². The van der Waals surface area contributed by atoms with Crippen LogP contribution in [0.2, 0.25) is 0 Å². The van der Waals surface area contributed by atoms with Gasteiger partial charge in [0, 0.05) is 19.9 Å². The van der Waals surface area contributed by atoms with Crippen LogP contribution in [0, 0.1) is 0 Å². The summed E-state index contributed by atoms with van der Waals surface area (Å²) in [7, 11) is 0. The van der Waals surface area contributed by atoms with E-state index in [1.165, 1.54) is 11.8 Å². The molecule has 86 valence electrons. The van der Waals surface area contributed by atoms with E-state index in [1.54, 1.807) is 0 Å². The molecule has 1 aromatic rings. The summed E-state index contributed by atoms with van der Waals surface area (Å²) in [6.45, 7) is 1.85. The maximum Gasteiger partial charge on any atom is 0.220 e. The van der Waals surface area contributed by atoms with E-state index in [0.29, 0.717) is 6.54 Å². The molecule has 16 heavy (non-hydrogen) atoms. The Kier molecular flexibility index (Phi) is 2.89. The lowest BCUT2D eigenvalue weighted by molar-refractivity contribution is -0.130. The van der Waals surface area contributed by atoms with Gasteiger partial charge in [-0.05, 0) is 5.56 Å². The standard InChI is InChI=1S/C12H13ClFNO/c1-9(16)15(11-7-12(11,13)14)8-10-5-3-2-4-6-10/h2-6,11H,7-8H2,1H3. The summed E-state index contributed by atoms with van der Waals surface area (Å²) >= 11 is 5.55. The molecule has 2 unspecified atom stereocenters. The minimum Gasteiger partial charge on any atom is -0.331 e. The first-order valence-corrected chi connectivity index (χ1v) is 5.57. The van der Waals surface area contributed by atoms with Crippen molar-refractivity contribution in [2.75, 3.05) is 0 Å². The van der Waals surface area contributed by atoms with Crippen molar-refractivity contribution in [3.63, 3.8) is 0 Å². The fourth-order valence-electron chi connectivity index (χ4n) is 1.76. The SMILES string of the molecule is CC(=O)N(Cc1ccccc1)C1CC1(F)Cl. The number of carbonyl (C=O) groups excluding carboxylic acids is 1. The molecule has 1 aromatic carbocycles. The van der Waals surface area contributed by atoms with E-state index in [0.717, 1.165) is 5.56 Å². The third-order valence-corrected chi connectivity index (χ3v) is 3.18. The van der Waals surface area contributed by atoms with Gasteiger partial charge in [-0.15, -0.1) is 0 Å². The van der Waals surface area contributed by atoms with Gasteiger partial charge in [-0.2, -0.15) is 0 Å². The minimum absolute atomic E-state index is 0.144. The lowest BCUT2D eigenvalue weighted by atomic mass is 10.2. The van der Waals surface area contributed by atoms with Crippen molar-refractivity contribution >= 4 is 17.5 Å². The predicted octanol–water partition coefficient (Wildman–Crippen LogP) is 2.71. The third-order valence-electron chi connectivity index (χ3n) is 2.77. The van der Waals surface area contributed by atoms with Gasteiger partial charge in [0.1, 0.15) is 0 Å². The quantitative estimate of drug-likeness (QED) is 0.746. The Balaban J connectivity index is 2.08. The summed E-state index contributed by atoms with van der Waals surface area (Å²) in [5.74, 6) is -0.144. The monoisotopic (exact) mass is 241 g/mol. The molecular weight excluding hydrogens is 229 g/mol. The predicted molar refractivity (Wildman–Crippen MR) is 60.8 cm³/mol. The molecule has 2 rings (SSSR count). The van der Waals surface area contributed by atoms with Crippen LogP contribution in [0.5, 0.6) is 0 Å². The highest BCUT2D eigenvalue weighted by molar-refractivity contribution is 6.25. The third kappa shape index (κ3) is 2.35. The number of hydrogen-bond donors (Lipinski definition) is 0. The molecule has 0 aliphatic heterocycles. The summed E-state index contributed by atoms with van der Waals surface area (Å²) in [5, 5.41) is -1.72. The molecule has 0 spiro atoms. The molecule has 4 heteroatoms. The number of halogens is 2. The molecular formula is C12H13ClFNO. The highest BCUT2D eigenvalue weighted by atomic mass is 35.5. The number of alkyl halides is 2. The molecule has 2 atom stereocenters. The molecule has 1 amide bonds. The molecule has 0 N–H and O–H groups in total. The van der Waals surface area contributed by atoms with Crippen molar-refractivity contribution in [1.82, 2.24) is 4.90 Å². The van der Waals surface area contributed by atoms with E-state index in [1.807, 2.05) is 30.3 Å². The van der Waals surface area contributed by atoms with Gasteiger partial charge in [-0.1, -0.05) is 41.9 Å². The van der Waals surface area contributed by atoms with Crippen LogP contribution in [-0.4, -0.2) is 22.0 Å². The van der Waals surface area contributed by atoms with Crippen molar-refractivity contribution in [3.05, 3.63) is 35.9 Å². The minimum atomic E-state index is -1.72. The van der Waals surface area contributed by atoms with Crippen molar-refractivity contribution in [2.45, 2.75) is 31.1 Å². The van der Waals surface area contributed by atoms with Crippen LogP contribution in [0.1, 0.15) is 18.9 Å². The number of carbonyl (C=O) groups is 1. The normalized spacial score (nSPS) is 27.6. The molecule has 1 aliphatic rings. The van der Waals surface area contributed by atoms with Crippen LogP contribution < -0.4 is 0 Å². The highest BCUT2D eigenvalue weighted by Gasteiger charge is 2.58. The molecule has 2 nitrogen and oxygen atoms in total. The van der Waals surface area contributed by atoms with Gasteiger partial charge in [-0.3, -0.25) is 4.79 Å². The molecule has 1 saturated carbocycles. The van der Waals surface area contributed by atoms with E-state index in [-0.39, 0.29) is 12.3 Å². The largest absolute Gasteiger partial charge is 0.331 e. The number of rotatable bonds is 3. The second kappa shape index (κ2) is 4.06. The first kappa shape index (κ1) is 11.4. The number of amides is 1. The first-order chi connectivity index (χ1) is 7.50. The van der Waals surface area contributed by atoms with Gasteiger partial charge in [-0.25, -0.2) is 4.39 Å². The van der Waals surface area contributed by atoms with Crippen LogP contribution in [0.4, 0.5) is 4.39 Å². The van der Waals surface area contributed by atoms with E-state index < -0.39 is 11.2 Å². The summed E-state index contributed by atoms with van der Waals surface area (Å²) in [5.41, 5.74) is 0.983. The first-order valence-electron chi connectivity index (χ1n) is 5.19. The lowest BCUT2D eigenvalue weighted by Crippen LogP contribution is -2.33. The summed E-state index contributed by atoms with van der Waals surface area (Å²) in [6, 6.07) is 9.03. The molecule has 1 aliphatic carbocycles. The molecule has 0 heterocycles. The van der Waals surface area contributed by atoms with Crippen LogP contribution >= 0.6 is 11.6 Å². The summed E-state index contributed by atoms with van der Waals surface area (Å²) in [6.07, 6.45) is 0.223. The fraction of sp³-hybridized carbons (Fsp3) is 0.417. The van der Waals surface area contributed by atoms with E-state index in [4.69, 9.17) is 11.6 Å². The fourth-order valence-corrected chi connectivity index (χ4v) is 2.02. The summed E-state index contributed by atoms with van der Waals surface area (Å²) < 4.78 is 13.3. The van der Waals surface area contributed by atoms with Gasteiger partial charge < -0.3 is 4.90 Å². The zero-order valence-corrected chi connectivity index (χ0v) is 9.75. The Bertz CT molecular complexity index is 393. The average molecular weight is 242 g/mol. The highest BCUT2D eigenvalue weighted by Crippen LogP contribution is 2.48. The van der Waals surface area contributed by atoms with Crippen molar-refractivity contribution < 1.29 is 9.18 Å². The van der Waals surface area contributed by atoms with Crippen molar-refractivity contribution in [2.24, 2.45) is 0 Å². The van der Waals surface area contributed by atoms with Crippen LogP contribution in [-0.2, 0) is 11.3 Å². The van der Waals surface area contributed by atoms with E-state index in [9.17, 15) is 9.18 Å². The van der Waals surface area contributed by atoms with Gasteiger partial charge >= 0.3 is 0 Å². The van der Waals surface area contributed by atoms with Crippen molar-refractivity contribution in [1.29, 1.82) is 0 Å². The molecule has 0 radical (unpaired) electrons. The Morgan fingerprint density at radius 3 is 2.56 bits per heavy atom. The van der Waals surface area contributed by atoms with Gasteiger partial charge in [0.25, 0.3) is 0 Å². The zero-order chi connectivity index (χ0) is 11.8. The van der Waals surface area contributed by atoms with Crippen LogP contribution in [0.25, 0.3) is 0 Å². The van der Waals surface area contributed by atoms with Gasteiger partial charge in [0.2, 0.25) is 11.0 Å². The molecule has 0 saturated heterocycles. The Morgan fingerprint density at radius 2 is 2.12 bits per heavy atom. The smallest absolute Gasteiger partial charge is 0.220 e. The molecule has 1 fully saturated rings.